The third-order valence-corrected chi connectivity index (χ3v) is 4.56. The van der Waals surface area contributed by atoms with Crippen molar-refractivity contribution in [2.75, 3.05) is 26.7 Å². The monoisotopic (exact) mass is 345 g/mol. The first-order valence-corrected chi connectivity index (χ1v) is 8.48. The first-order chi connectivity index (χ1) is 12.2. The minimum atomic E-state index is -0.216. The molecule has 2 atom stereocenters. The third-order valence-electron chi connectivity index (χ3n) is 4.56. The molecule has 0 amide bonds. The van der Waals surface area contributed by atoms with Crippen molar-refractivity contribution in [2.45, 2.75) is 12.5 Å². The van der Waals surface area contributed by atoms with E-state index in [0.717, 1.165) is 37.2 Å². The Kier molecular flexibility index (Phi) is 5.86. The number of phenolic OH excluding ortho intramolecular Hbond substituents is 1. The molecule has 1 aliphatic heterocycles. The molecule has 2 aromatic carbocycles. The number of aromatic hydroxyl groups is 1. The van der Waals surface area contributed by atoms with Crippen LogP contribution in [0.25, 0.3) is 0 Å². The maximum Gasteiger partial charge on any atom is 0.160 e. The number of hydrogen-bond acceptors (Lipinski definition) is 5. The van der Waals surface area contributed by atoms with E-state index in [-0.39, 0.29) is 17.6 Å². The fraction of sp³-hybridized carbons (Fsp3) is 0.368. The van der Waals surface area contributed by atoms with Crippen molar-refractivity contribution >= 4 is 0 Å². The Hall–Kier alpha value is -2.15. The largest absolute Gasteiger partial charge is 0.504 e. The quantitative estimate of drug-likeness (QED) is 0.579. The van der Waals surface area contributed by atoms with Crippen molar-refractivity contribution in [3.63, 3.8) is 0 Å². The molecule has 6 heteroatoms. The molecule has 5 nitrogen and oxygen atoms in total. The van der Waals surface area contributed by atoms with Crippen LogP contribution in [0.1, 0.15) is 17.2 Å². The summed E-state index contributed by atoms with van der Waals surface area (Å²) in [6, 6.07) is 12.3. The Bertz CT molecular complexity index is 694. The normalized spacial score (nSPS) is 19.9. The molecule has 0 radical (unpaired) electrons. The van der Waals surface area contributed by atoms with Gasteiger partial charge >= 0.3 is 0 Å². The van der Waals surface area contributed by atoms with E-state index in [1.165, 1.54) is 19.2 Å². The van der Waals surface area contributed by atoms with Gasteiger partial charge in [0.15, 0.2) is 11.5 Å². The van der Waals surface area contributed by atoms with Gasteiger partial charge in [0.1, 0.15) is 5.82 Å². The first kappa shape index (κ1) is 17.7. The van der Waals surface area contributed by atoms with Crippen LogP contribution in [-0.2, 0) is 6.42 Å². The molecular formula is C19H24FN3O2. The minimum absolute atomic E-state index is 0.165. The summed E-state index contributed by atoms with van der Waals surface area (Å²) in [6.45, 7) is 2.53. The molecule has 4 N–H and O–H groups in total. The lowest BCUT2D eigenvalue weighted by Gasteiger charge is -2.19. The number of hydrogen-bond donors (Lipinski definition) is 4. The highest BCUT2D eigenvalue weighted by Gasteiger charge is 2.27. The predicted octanol–water partition coefficient (Wildman–Crippen LogP) is 2.14. The molecule has 1 saturated heterocycles. The van der Waals surface area contributed by atoms with Crippen molar-refractivity contribution in [3.8, 4) is 11.5 Å². The second-order valence-electron chi connectivity index (χ2n) is 6.27. The molecule has 1 fully saturated rings. The standard InChI is InChI=1S/C19H24FN3O2/c1-25-18-7-2-13(10-17(18)24)8-9-21-11-15-12-22-23-19(15)14-3-5-16(20)6-4-14/h2-7,10,15,19,21-24H,8-9,11-12H2,1H3. The number of halogens is 1. The van der Waals surface area contributed by atoms with E-state index >= 15 is 0 Å². The molecule has 2 aromatic rings. The topological polar surface area (TPSA) is 65.5 Å². The molecule has 3 rings (SSSR count). The molecule has 2 unspecified atom stereocenters. The number of hydrazine groups is 1. The highest BCUT2D eigenvalue weighted by molar-refractivity contribution is 5.41. The van der Waals surface area contributed by atoms with Gasteiger partial charge in [-0.3, -0.25) is 5.43 Å². The number of phenols is 1. The van der Waals surface area contributed by atoms with Crippen LogP contribution in [0.5, 0.6) is 11.5 Å². The maximum absolute atomic E-state index is 13.1. The van der Waals surface area contributed by atoms with E-state index in [4.69, 9.17) is 4.74 Å². The summed E-state index contributed by atoms with van der Waals surface area (Å²) in [6.07, 6.45) is 0.826. The molecule has 0 aromatic heterocycles. The number of benzene rings is 2. The van der Waals surface area contributed by atoms with E-state index in [2.05, 4.69) is 16.2 Å². The van der Waals surface area contributed by atoms with Crippen LogP contribution in [0.15, 0.2) is 42.5 Å². The number of methoxy groups -OCH3 is 1. The zero-order chi connectivity index (χ0) is 17.6. The van der Waals surface area contributed by atoms with Gasteiger partial charge in [-0.15, -0.1) is 0 Å². The number of ether oxygens (including phenoxy) is 1. The van der Waals surface area contributed by atoms with E-state index in [0.29, 0.717) is 11.7 Å². The Morgan fingerprint density at radius 1 is 1.24 bits per heavy atom. The maximum atomic E-state index is 13.1. The molecule has 0 saturated carbocycles. The summed E-state index contributed by atoms with van der Waals surface area (Å²) in [5, 5.41) is 13.3. The molecule has 1 aliphatic rings. The molecule has 1 heterocycles. The van der Waals surface area contributed by atoms with Crippen molar-refractivity contribution in [3.05, 3.63) is 59.4 Å². The van der Waals surface area contributed by atoms with E-state index < -0.39 is 0 Å². The molecule has 0 aliphatic carbocycles. The van der Waals surface area contributed by atoms with Gasteiger partial charge in [0.05, 0.1) is 13.2 Å². The van der Waals surface area contributed by atoms with Crippen molar-refractivity contribution in [1.29, 1.82) is 0 Å². The minimum Gasteiger partial charge on any atom is -0.504 e. The van der Waals surface area contributed by atoms with Crippen LogP contribution >= 0.6 is 0 Å². The van der Waals surface area contributed by atoms with Gasteiger partial charge in [-0.2, -0.15) is 0 Å². The first-order valence-electron chi connectivity index (χ1n) is 8.48. The fourth-order valence-electron chi connectivity index (χ4n) is 3.16. The van der Waals surface area contributed by atoms with Gasteiger partial charge in [-0.25, -0.2) is 9.82 Å². The highest BCUT2D eigenvalue weighted by Crippen LogP contribution is 2.26. The van der Waals surface area contributed by atoms with Crippen molar-refractivity contribution < 1.29 is 14.2 Å². The second-order valence-corrected chi connectivity index (χ2v) is 6.27. The number of rotatable bonds is 7. The van der Waals surface area contributed by atoms with E-state index in [1.807, 2.05) is 18.2 Å². The average Bonchev–Trinajstić information content (AvgIpc) is 3.08. The Morgan fingerprint density at radius 2 is 2.04 bits per heavy atom. The van der Waals surface area contributed by atoms with Gasteiger partial charge in [0, 0.05) is 19.0 Å². The molecule has 134 valence electrons. The smallest absolute Gasteiger partial charge is 0.160 e. The molecule has 0 bridgehead atoms. The Labute approximate surface area is 147 Å². The number of nitrogens with one attached hydrogen (secondary N) is 3. The zero-order valence-electron chi connectivity index (χ0n) is 14.3. The lowest BCUT2D eigenvalue weighted by Crippen LogP contribution is -2.30. The van der Waals surface area contributed by atoms with Crippen LogP contribution in [-0.4, -0.2) is 31.9 Å². The van der Waals surface area contributed by atoms with Crippen LogP contribution in [0, 0.1) is 11.7 Å². The summed E-state index contributed by atoms with van der Waals surface area (Å²) in [4.78, 5) is 0. The Balaban J connectivity index is 1.48. The summed E-state index contributed by atoms with van der Waals surface area (Å²) in [7, 11) is 1.54. The van der Waals surface area contributed by atoms with Gasteiger partial charge < -0.3 is 15.2 Å². The van der Waals surface area contributed by atoms with Crippen LogP contribution in [0.2, 0.25) is 0 Å². The third kappa shape index (κ3) is 4.48. The van der Waals surface area contributed by atoms with E-state index in [9.17, 15) is 9.50 Å². The van der Waals surface area contributed by atoms with Crippen molar-refractivity contribution in [1.82, 2.24) is 16.2 Å². The van der Waals surface area contributed by atoms with Gasteiger partial charge in [-0.1, -0.05) is 18.2 Å². The van der Waals surface area contributed by atoms with Gasteiger partial charge in [-0.05, 0) is 48.4 Å². The lowest BCUT2D eigenvalue weighted by atomic mass is 9.95. The fourth-order valence-corrected chi connectivity index (χ4v) is 3.16. The summed E-state index contributed by atoms with van der Waals surface area (Å²) in [5.74, 6) is 0.823. The van der Waals surface area contributed by atoms with E-state index in [1.54, 1.807) is 12.1 Å². The van der Waals surface area contributed by atoms with Gasteiger partial charge in [0.25, 0.3) is 0 Å². The highest BCUT2D eigenvalue weighted by atomic mass is 19.1. The molecule has 0 spiro atoms. The van der Waals surface area contributed by atoms with Crippen LogP contribution < -0.4 is 20.9 Å². The average molecular weight is 345 g/mol. The summed E-state index contributed by atoms with van der Waals surface area (Å²) < 4.78 is 18.1. The molecule has 25 heavy (non-hydrogen) atoms. The zero-order valence-corrected chi connectivity index (χ0v) is 14.3. The second kappa shape index (κ2) is 8.29. The van der Waals surface area contributed by atoms with Crippen LogP contribution in [0.3, 0.4) is 0 Å². The lowest BCUT2D eigenvalue weighted by molar-refractivity contribution is 0.373. The SMILES string of the molecule is COc1ccc(CCNCC2CNNC2c2ccc(F)cc2)cc1O. The van der Waals surface area contributed by atoms with Crippen molar-refractivity contribution in [2.24, 2.45) is 5.92 Å². The van der Waals surface area contributed by atoms with Gasteiger partial charge in [0.2, 0.25) is 0 Å². The molecular weight excluding hydrogens is 321 g/mol. The summed E-state index contributed by atoms with van der Waals surface area (Å²) in [5.41, 5.74) is 8.59. The predicted molar refractivity (Wildman–Crippen MR) is 95.0 cm³/mol. The van der Waals surface area contributed by atoms with Crippen LogP contribution in [0.4, 0.5) is 4.39 Å². The Morgan fingerprint density at radius 3 is 2.76 bits per heavy atom. The summed E-state index contributed by atoms with van der Waals surface area (Å²) >= 11 is 0.